The molecule has 0 saturated heterocycles. The second-order valence-electron chi connectivity index (χ2n) is 3.78. The van der Waals surface area contributed by atoms with Crippen molar-refractivity contribution in [1.29, 1.82) is 0 Å². The molecule has 2 atom stereocenters. The van der Waals surface area contributed by atoms with Crippen LogP contribution in [0.2, 0.25) is 0 Å². The van der Waals surface area contributed by atoms with Gasteiger partial charge in [0, 0.05) is 6.66 Å². The zero-order valence-corrected chi connectivity index (χ0v) is 11.0. The number of aliphatic hydroxyl groups excluding tert-OH is 1. The monoisotopic (exact) mass is 276 g/mol. The summed E-state index contributed by atoms with van der Waals surface area (Å²) in [7, 11) is -3.71. The number of benzene rings is 1. The normalized spacial score (nSPS) is 16.2. The maximum atomic E-state index is 10.8. The maximum Gasteiger partial charge on any atom is 0.352 e. The van der Waals surface area contributed by atoms with Crippen LogP contribution in [0.15, 0.2) is 30.3 Å². The van der Waals surface area contributed by atoms with Crippen LogP contribution in [0.25, 0.3) is 0 Å². The predicted molar refractivity (Wildman–Crippen MR) is 64.9 cm³/mol. The van der Waals surface area contributed by atoms with Gasteiger partial charge in [0.15, 0.2) is 0 Å². The predicted octanol–water partition coefficient (Wildman–Crippen LogP) is 1.33. The second kappa shape index (κ2) is 7.63. The fourth-order valence-corrected chi connectivity index (χ4v) is 1.42. The van der Waals surface area contributed by atoms with Gasteiger partial charge in [-0.2, -0.15) is 0 Å². The molecule has 18 heavy (non-hydrogen) atoms. The van der Waals surface area contributed by atoms with E-state index in [1.165, 1.54) is 0 Å². The molecule has 0 bridgehead atoms. The van der Waals surface area contributed by atoms with E-state index in [4.69, 9.17) is 14.7 Å². The average Bonchev–Trinajstić information content (AvgIpc) is 2.33. The van der Waals surface area contributed by atoms with Gasteiger partial charge in [-0.05, 0) is 5.56 Å². The molecular formula is C11H17O6P. The highest BCUT2D eigenvalue weighted by Gasteiger charge is 2.17. The van der Waals surface area contributed by atoms with Gasteiger partial charge < -0.3 is 14.7 Å². The summed E-state index contributed by atoms with van der Waals surface area (Å²) < 4.78 is 20.4. The van der Waals surface area contributed by atoms with Gasteiger partial charge in [-0.15, -0.1) is 4.67 Å². The highest BCUT2D eigenvalue weighted by molar-refractivity contribution is 7.51. The molecule has 0 radical (unpaired) electrons. The summed E-state index contributed by atoms with van der Waals surface area (Å²) in [5.41, 5.74) is 0.985. The highest BCUT2D eigenvalue weighted by Crippen LogP contribution is 2.37. The number of aliphatic hydroxyl groups is 1. The lowest BCUT2D eigenvalue weighted by Gasteiger charge is -2.15. The third-order valence-corrected chi connectivity index (χ3v) is 2.30. The minimum atomic E-state index is -3.71. The average molecular weight is 276 g/mol. The van der Waals surface area contributed by atoms with Crippen molar-refractivity contribution in [1.82, 2.24) is 0 Å². The Kier molecular flexibility index (Phi) is 6.49. The lowest BCUT2D eigenvalue weighted by atomic mass is 10.2. The molecule has 0 amide bonds. The van der Waals surface area contributed by atoms with Crippen LogP contribution in [-0.2, 0) is 25.5 Å². The molecule has 0 aliphatic rings. The van der Waals surface area contributed by atoms with Crippen LogP contribution in [0.4, 0.5) is 0 Å². The Morgan fingerprint density at radius 2 is 2.00 bits per heavy atom. The smallest absolute Gasteiger partial charge is 0.352 e. The molecule has 1 rings (SSSR count). The van der Waals surface area contributed by atoms with Crippen LogP contribution in [-0.4, -0.2) is 36.0 Å². The summed E-state index contributed by atoms with van der Waals surface area (Å²) in [5, 5.41) is 8.96. The summed E-state index contributed by atoms with van der Waals surface area (Å²) in [5.74, 6) is 0. The Bertz CT molecular complexity index is 376. The van der Waals surface area contributed by atoms with Crippen molar-refractivity contribution < 1.29 is 28.9 Å². The van der Waals surface area contributed by atoms with E-state index in [0.29, 0.717) is 6.61 Å². The first kappa shape index (κ1) is 15.3. The molecule has 0 spiro atoms. The number of ether oxygens (including phenoxy) is 1. The molecule has 0 heterocycles. The van der Waals surface area contributed by atoms with E-state index in [1.807, 2.05) is 30.3 Å². The Morgan fingerprint density at radius 1 is 1.33 bits per heavy atom. The van der Waals surface area contributed by atoms with E-state index in [2.05, 4.69) is 9.56 Å². The van der Waals surface area contributed by atoms with Gasteiger partial charge in [0.25, 0.3) is 0 Å². The van der Waals surface area contributed by atoms with Crippen molar-refractivity contribution in [3.05, 3.63) is 35.9 Å². The number of rotatable bonds is 8. The summed E-state index contributed by atoms with van der Waals surface area (Å²) >= 11 is 0. The van der Waals surface area contributed by atoms with Crippen LogP contribution in [0, 0.1) is 0 Å². The van der Waals surface area contributed by atoms with Crippen molar-refractivity contribution >= 4 is 7.60 Å². The highest BCUT2D eigenvalue weighted by atomic mass is 31.2. The first-order valence-corrected chi connectivity index (χ1v) is 7.41. The molecule has 0 aliphatic carbocycles. The topological polar surface area (TPSA) is 85.2 Å². The van der Waals surface area contributed by atoms with Crippen LogP contribution in [0.5, 0.6) is 0 Å². The van der Waals surface area contributed by atoms with Crippen LogP contribution >= 0.6 is 7.60 Å². The third-order valence-electron chi connectivity index (χ3n) is 1.94. The Labute approximate surface area is 106 Å². The van der Waals surface area contributed by atoms with Gasteiger partial charge in [0.05, 0.1) is 19.8 Å². The largest absolute Gasteiger partial charge is 0.393 e. The first-order valence-electron chi connectivity index (χ1n) is 5.39. The lowest BCUT2D eigenvalue weighted by molar-refractivity contribution is -0.267. The van der Waals surface area contributed by atoms with Gasteiger partial charge in [0.1, 0.15) is 6.10 Å². The molecule has 6 nitrogen and oxygen atoms in total. The molecule has 7 heteroatoms. The van der Waals surface area contributed by atoms with Crippen molar-refractivity contribution in [2.24, 2.45) is 0 Å². The van der Waals surface area contributed by atoms with Gasteiger partial charge in [0.2, 0.25) is 0 Å². The zero-order chi connectivity index (χ0) is 13.4. The lowest BCUT2D eigenvalue weighted by Crippen LogP contribution is -2.23. The summed E-state index contributed by atoms with van der Waals surface area (Å²) in [4.78, 5) is 13.5. The third kappa shape index (κ3) is 6.86. The van der Waals surface area contributed by atoms with Crippen LogP contribution in [0.1, 0.15) is 5.56 Å². The summed E-state index contributed by atoms with van der Waals surface area (Å²) in [6.45, 7) is 1.05. The molecule has 102 valence electrons. The fourth-order valence-electron chi connectivity index (χ4n) is 1.13. The second-order valence-corrected chi connectivity index (χ2v) is 5.53. The van der Waals surface area contributed by atoms with E-state index < -0.39 is 13.7 Å². The van der Waals surface area contributed by atoms with E-state index in [1.54, 1.807) is 0 Å². The molecule has 0 saturated carbocycles. The standard InChI is InChI=1S/C11H17O6P/c1-18(13,14)17-16-11(7-12)9-15-8-10-5-3-2-4-6-10/h2-6,11-12H,7-9H2,1H3,(H,13,14)/t11-/m1/s1. The minimum absolute atomic E-state index is 0.0609. The van der Waals surface area contributed by atoms with E-state index in [-0.39, 0.29) is 13.2 Å². The molecule has 0 fully saturated rings. The maximum absolute atomic E-state index is 10.8. The number of hydrogen-bond acceptors (Lipinski definition) is 5. The SMILES string of the molecule is CP(=O)(O)OO[C@H](CO)COCc1ccccc1. The van der Waals surface area contributed by atoms with Crippen molar-refractivity contribution in [3.8, 4) is 0 Å². The Hall–Kier alpha value is -0.750. The summed E-state index contributed by atoms with van der Waals surface area (Å²) in [6.07, 6.45) is -0.797. The molecule has 0 aromatic heterocycles. The van der Waals surface area contributed by atoms with E-state index >= 15 is 0 Å². The Morgan fingerprint density at radius 3 is 2.56 bits per heavy atom. The zero-order valence-electron chi connectivity index (χ0n) is 10.1. The molecular weight excluding hydrogens is 259 g/mol. The van der Waals surface area contributed by atoms with Crippen LogP contribution in [0.3, 0.4) is 0 Å². The molecule has 0 aliphatic heterocycles. The van der Waals surface area contributed by atoms with Gasteiger partial charge in [-0.3, -0.25) is 4.57 Å². The molecule has 1 aromatic carbocycles. The van der Waals surface area contributed by atoms with Crippen LogP contribution < -0.4 is 0 Å². The number of hydrogen-bond donors (Lipinski definition) is 2. The van der Waals surface area contributed by atoms with Gasteiger partial charge in [-0.25, -0.2) is 4.89 Å². The Balaban J connectivity index is 2.25. The quantitative estimate of drug-likeness (QED) is 0.423. The van der Waals surface area contributed by atoms with Gasteiger partial charge in [-0.1, -0.05) is 30.3 Å². The van der Waals surface area contributed by atoms with Crippen molar-refractivity contribution in [2.45, 2.75) is 12.7 Å². The minimum Gasteiger partial charge on any atom is -0.393 e. The molecule has 1 aromatic rings. The molecule has 2 N–H and O–H groups in total. The van der Waals surface area contributed by atoms with E-state index in [0.717, 1.165) is 12.2 Å². The first-order chi connectivity index (χ1) is 8.51. The summed E-state index contributed by atoms with van der Waals surface area (Å²) in [6, 6.07) is 9.48. The molecule has 1 unspecified atom stereocenters. The van der Waals surface area contributed by atoms with Crippen molar-refractivity contribution in [3.63, 3.8) is 0 Å². The van der Waals surface area contributed by atoms with Gasteiger partial charge >= 0.3 is 7.60 Å². The van der Waals surface area contributed by atoms with E-state index in [9.17, 15) is 4.57 Å². The van der Waals surface area contributed by atoms with Crippen molar-refractivity contribution in [2.75, 3.05) is 19.9 Å². The fraction of sp³-hybridized carbons (Fsp3) is 0.455.